The molecule has 6 heterocycles. The molecule has 8 bridgehead atoms. The molecule has 0 unspecified atom stereocenters. The molecule has 0 saturated heterocycles. The number of carbonyl (C=O) groups is 2. The standard InChI is InChI=1S/C87H79N5O4/c1-47(2)62-18-16-19-63(48(3)4)82(62)92-83(93)67-44-72(95-60-32-25-54(26-33-60)85(8,9)10)78-65-21-17-20-64-52(24-36-66(76(64)65)79-73(45-68(84(92)94)77(67)81(78)79)96-61-34-27-55(28-35-61)86(11,12)13)22-23-53-40-71-80(75-50(6)38-49(5)39-51(75)7)69-37-31-57(89-69)41-56-29-30-58(88-56)43-74-87(14,15)46-59(90-74)42-70(53)91-71/h16-21,24-45,47-48,88,91H,46H2,1-15H3. The lowest BCUT2D eigenvalue weighted by molar-refractivity contribution is 0.0892. The van der Waals surface area contributed by atoms with E-state index in [0.29, 0.717) is 50.6 Å². The van der Waals surface area contributed by atoms with Crippen molar-refractivity contribution in [1.29, 1.82) is 0 Å². The normalized spacial score (nSPS) is 13.9. The van der Waals surface area contributed by atoms with E-state index in [0.717, 1.165) is 139 Å². The molecule has 3 aliphatic rings. The maximum absolute atomic E-state index is 16.0. The number of fused-ring (bicyclic) bond motifs is 10. The number of anilines is 1. The zero-order chi connectivity index (χ0) is 67.2. The van der Waals surface area contributed by atoms with Crippen molar-refractivity contribution in [3.8, 4) is 46.0 Å². The summed E-state index contributed by atoms with van der Waals surface area (Å²) in [6, 6.07) is 54.2. The Labute approximate surface area is 561 Å². The van der Waals surface area contributed by atoms with Gasteiger partial charge in [-0.1, -0.05) is 179 Å². The van der Waals surface area contributed by atoms with E-state index in [2.05, 4.69) is 241 Å². The van der Waals surface area contributed by atoms with E-state index in [1.54, 1.807) is 0 Å². The quantitative estimate of drug-likeness (QED) is 0.0678. The molecule has 15 rings (SSSR count). The van der Waals surface area contributed by atoms with Gasteiger partial charge in [-0.3, -0.25) is 14.6 Å². The largest absolute Gasteiger partial charge is 0.457 e. The number of aromatic amines is 2. The van der Waals surface area contributed by atoms with Gasteiger partial charge >= 0.3 is 0 Å². The number of nitrogens with one attached hydrogen (secondary N) is 2. The van der Waals surface area contributed by atoms with Crippen LogP contribution in [0.2, 0.25) is 0 Å². The summed E-state index contributed by atoms with van der Waals surface area (Å²) in [5.74, 6) is 8.86. The first kappa shape index (κ1) is 61.6. The van der Waals surface area contributed by atoms with Crippen LogP contribution in [-0.2, 0) is 22.7 Å². The summed E-state index contributed by atoms with van der Waals surface area (Å²) in [5, 5.41) is 6.38. The predicted molar refractivity (Wildman–Crippen MR) is 396 cm³/mol. The lowest BCUT2D eigenvalue weighted by Crippen LogP contribution is -2.42. The highest BCUT2D eigenvalue weighted by Gasteiger charge is 2.41. The van der Waals surface area contributed by atoms with Crippen LogP contribution in [-0.4, -0.2) is 31.8 Å². The molecule has 3 aliphatic heterocycles. The lowest BCUT2D eigenvalue weighted by Gasteiger charge is -2.33. The van der Waals surface area contributed by atoms with E-state index in [1.165, 1.54) is 10.5 Å². The lowest BCUT2D eigenvalue weighted by atomic mass is 9.82. The van der Waals surface area contributed by atoms with Crippen molar-refractivity contribution < 1.29 is 19.1 Å². The first-order valence-electron chi connectivity index (χ1n) is 33.6. The van der Waals surface area contributed by atoms with Gasteiger partial charge in [-0.05, 0) is 195 Å². The van der Waals surface area contributed by atoms with Crippen molar-refractivity contribution in [3.05, 3.63) is 242 Å². The number of aromatic nitrogens is 4. The molecular formula is C87H79N5O4. The van der Waals surface area contributed by atoms with Crippen LogP contribution in [0.25, 0.3) is 88.4 Å². The van der Waals surface area contributed by atoms with Crippen LogP contribution in [0, 0.1) is 32.6 Å². The molecule has 9 nitrogen and oxygen atoms in total. The minimum Gasteiger partial charge on any atom is -0.457 e. The number of benzene rings is 9. The summed E-state index contributed by atoms with van der Waals surface area (Å²) in [5.41, 5.74) is 19.7. The third-order valence-corrected chi connectivity index (χ3v) is 19.8. The first-order valence-corrected chi connectivity index (χ1v) is 33.6. The Balaban J connectivity index is 1.01. The highest BCUT2D eigenvalue weighted by molar-refractivity contribution is 6.44. The fourth-order valence-corrected chi connectivity index (χ4v) is 15.0. The van der Waals surface area contributed by atoms with Gasteiger partial charge in [0, 0.05) is 72.4 Å². The second-order valence-electron chi connectivity index (χ2n) is 30.0. The van der Waals surface area contributed by atoms with Crippen molar-refractivity contribution in [2.45, 2.75) is 138 Å². The van der Waals surface area contributed by atoms with Gasteiger partial charge in [-0.2, -0.15) is 0 Å². The third kappa shape index (κ3) is 10.5. The topological polar surface area (TPSA) is 113 Å². The molecule has 0 atom stereocenters. The van der Waals surface area contributed by atoms with Crippen LogP contribution in [0.4, 0.5) is 5.69 Å². The molecule has 12 aromatic rings. The third-order valence-electron chi connectivity index (χ3n) is 19.8. The zero-order valence-corrected chi connectivity index (χ0v) is 57.5. The SMILES string of the molecule is Cc1cc(C)c(-c2c3nc(cc4ccc(cc5nc(cc6[nH]c2cc6C#Cc2ccc6c7c(Oc8ccc(C(C)(C)C)cc8)cc8c9c(cc(Oc%10ccc(C(C)(C)C)cc%10)c(c%10cccc2c%106)c97)C(=O)N(c2c(C(C)C)cccc2C(C)C)C8=O)CC5(C)C)[nH]4)C=C3)c(C)c1. The van der Waals surface area contributed by atoms with Gasteiger partial charge < -0.3 is 19.4 Å². The van der Waals surface area contributed by atoms with E-state index < -0.39 is 11.8 Å². The maximum Gasteiger partial charge on any atom is 0.266 e. The number of H-pyrrole nitrogens is 2. The Bertz CT molecular complexity index is 5390. The number of hydrogen-bond donors (Lipinski definition) is 2. The molecule has 3 aromatic heterocycles. The molecule has 96 heavy (non-hydrogen) atoms. The van der Waals surface area contributed by atoms with Crippen molar-refractivity contribution in [2.24, 2.45) is 0 Å². The summed E-state index contributed by atoms with van der Waals surface area (Å²) in [6.45, 7) is 32.6. The van der Waals surface area contributed by atoms with Crippen LogP contribution < -0.4 is 14.4 Å². The minimum atomic E-state index is -0.411. The number of carbonyl (C=O) groups excluding carboxylic acids is 2. The van der Waals surface area contributed by atoms with E-state index in [4.69, 9.17) is 19.4 Å². The van der Waals surface area contributed by atoms with Gasteiger partial charge in [0.25, 0.3) is 11.8 Å². The van der Waals surface area contributed by atoms with E-state index in [1.807, 2.05) is 54.6 Å². The Morgan fingerprint density at radius 2 is 1.07 bits per heavy atom. The Kier molecular flexibility index (Phi) is 14.5. The smallest absolute Gasteiger partial charge is 0.266 e. The van der Waals surface area contributed by atoms with Gasteiger partial charge in [-0.15, -0.1) is 0 Å². The molecule has 0 fully saturated rings. The zero-order valence-electron chi connectivity index (χ0n) is 57.5. The van der Waals surface area contributed by atoms with Crippen LogP contribution in [0.5, 0.6) is 23.0 Å². The number of aryl methyl sites for hydroxylation is 3. The second kappa shape index (κ2) is 22.6. The van der Waals surface area contributed by atoms with Crippen molar-refractivity contribution in [1.82, 2.24) is 19.9 Å². The molecule has 0 spiro atoms. The van der Waals surface area contributed by atoms with Gasteiger partial charge in [0.15, 0.2) is 0 Å². The Morgan fingerprint density at radius 3 is 1.66 bits per heavy atom. The van der Waals surface area contributed by atoms with Crippen molar-refractivity contribution in [3.63, 3.8) is 0 Å². The van der Waals surface area contributed by atoms with Crippen LogP contribution >= 0.6 is 0 Å². The summed E-state index contributed by atoms with van der Waals surface area (Å²) in [7, 11) is 0. The molecular weight excluding hydrogens is 1180 g/mol. The minimum absolute atomic E-state index is 0.00202. The van der Waals surface area contributed by atoms with Gasteiger partial charge in [0.2, 0.25) is 0 Å². The summed E-state index contributed by atoms with van der Waals surface area (Å²) >= 11 is 0. The predicted octanol–water partition coefficient (Wildman–Crippen LogP) is 22.3. The fourth-order valence-electron chi connectivity index (χ4n) is 15.0. The second-order valence-corrected chi connectivity index (χ2v) is 30.0. The summed E-state index contributed by atoms with van der Waals surface area (Å²) in [6.07, 6.45) is 4.94. The van der Waals surface area contributed by atoms with Crippen LogP contribution in [0.15, 0.2) is 158 Å². The maximum atomic E-state index is 16.0. The molecule has 0 aliphatic carbocycles. The van der Waals surface area contributed by atoms with Gasteiger partial charge in [-0.25, -0.2) is 9.88 Å². The molecule has 0 radical (unpaired) electrons. The number of rotatable bonds is 8. The number of nitrogens with zero attached hydrogens (tertiary/aromatic N) is 3. The number of hydrogen-bond acceptors (Lipinski definition) is 6. The highest BCUT2D eigenvalue weighted by atomic mass is 16.5. The summed E-state index contributed by atoms with van der Waals surface area (Å²) in [4.78, 5) is 51.7. The van der Waals surface area contributed by atoms with Gasteiger partial charge in [0.1, 0.15) is 23.0 Å². The average Bonchev–Trinajstić information content (AvgIpc) is 0.869. The van der Waals surface area contributed by atoms with Crippen molar-refractivity contribution >= 4 is 94.8 Å². The van der Waals surface area contributed by atoms with Crippen molar-refractivity contribution in [2.75, 3.05) is 4.90 Å². The number of amides is 2. The molecule has 0 saturated carbocycles. The molecule has 9 heteroatoms. The Morgan fingerprint density at radius 1 is 0.521 bits per heavy atom. The fraction of sp³-hybridized carbons (Fsp3) is 0.241. The number of ether oxygens (including phenoxy) is 2. The van der Waals surface area contributed by atoms with E-state index in [9.17, 15) is 0 Å². The Hall–Kier alpha value is -10.6. The molecule has 2 amide bonds. The molecule has 9 aromatic carbocycles. The molecule has 476 valence electrons. The van der Waals surface area contributed by atoms with E-state index in [-0.39, 0.29) is 28.1 Å². The highest BCUT2D eigenvalue weighted by Crippen LogP contribution is 2.54. The number of imide groups is 1. The van der Waals surface area contributed by atoms with Crippen LogP contribution in [0.1, 0.15) is 188 Å². The first-order chi connectivity index (χ1) is 45.8. The summed E-state index contributed by atoms with van der Waals surface area (Å²) < 4.78 is 14.5. The number of para-hydroxylation sites is 1. The van der Waals surface area contributed by atoms with E-state index >= 15 is 9.59 Å². The van der Waals surface area contributed by atoms with Gasteiger partial charge in [0.05, 0.1) is 39.3 Å². The monoisotopic (exact) mass is 1260 g/mol. The molecule has 2 N–H and O–H groups in total. The van der Waals surface area contributed by atoms with Crippen LogP contribution in [0.3, 0.4) is 0 Å². The average molecular weight is 1260 g/mol.